The number of hydrogen-bond donors (Lipinski definition) is 1. The van der Waals surface area contributed by atoms with E-state index in [1.165, 1.54) is 0 Å². The molecular weight excluding hydrogens is 390 g/mol. The largest absolute Gasteiger partial charge is 0.496 e. The first-order valence-corrected chi connectivity index (χ1v) is 9.80. The molecule has 2 aromatic rings. The van der Waals surface area contributed by atoms with Crippen molar-refractivity contribution >= 4 is 31.6 Å². The van der Waals surface area contributed by atoms with Crippen LogP contribution in [-0.2, 0) is 15.4 Å². The smallest absolute Gasteiger partial charge is 0.261 e. The lowest BCUT2D eigenvalue weighted by Gasteiger charge is -2.23. The van der Waals surface area contributed by atoms with E-state index in [9.17, 15) is 8.42 Å². The molecule has 0 bridgehead atoms. The van der Waals surface area contributed by atoms with Gasteiger partial charge in [0.15, 0.2) is 0 Å². The third kappa shape index (κ3) is 4.11. The Morgan fingerprint density at radius 2 is 1.75 bits per heavy atom. The molecule has 0 aliphatic rings. The molecule has 0 atom stereocenters. The van der Waals surface area contributed by atoms with Gasteiger partial charge in [0.05, 0.1) is 17.7 Å². The summed E-state index contributed by atoms with van der Waals surface area (Å²) in [7, 11) is -2.09. The minimum Gasteiger partial charge on any atom is -0.496 e. The first kappa shape index (κ1) is 18.8. The molecule has 130 valence electrons. The van der Waals surface area contributed by atoms with Gasteiger partial charge in [0.25, 0.3) is 10.0 Å². The highest BCUT2D eigenvalue weighted by Crippen LogP contribution is 2.33. The van der Waals surface area contributed by atoms with Crippen molar-refractivity contribution in [3.05, 3.63) is 52.0 Å². The zero-order valence-electron chi connectivity index (χ0n) is 14.5. The fraction of sp³-hybridized carbons (Fsp3) is 0.333. The van der Waals surface area contributed by atoms with Crippen LogP contribution in [0.15, 0.2) is 45.8 Å². The Balaban J connectivity index is 2.46. The van der Waals surface area contributed by atoms with Gasteiger partial charge < -0.3 is 4.74 Å². The maximum absolute atomic E-state index is 12.8. The highest BCUT2D eigenvalue weighted by molar-refractivity contribution is 9.10. The number of aryl methyl sites for hydroxylation is 1. The number of halogens is 1. The van der Waals surface area contributed by atoms with Crippen molar-refractivity contribution in [3.63, 3.8) is 0 Å². The van der Waals surface area contributed by atoms with Gasteiger partial charge in [-0.25, -0.2) is 8.42 Å². The minimum atomic E-state index is -3.68. The number of nitrogens with one attached hydrogen (secondary N) is 1. The summed E-state index contributed by atoms with van der Waals surface area (Å²) in [4.78, 5) is 0.218. The molecule has 0 heterocycles. The summed E-state index contributed by atoms with van der Waals surface area (Å²) in [6.07, 6.45) is 0. The van der Waals surface area contributed by atoms with E-state index in [0.29, 0.717) is 11.4 Å². The van der Waals surface area contributed by atoms with E-state index in [1.807, 2.05) is 33.8 Å². The molecule has 0 aromatic heterocycles. The zero-order chi connectivity index (χ0) is 18.1. The minimum absolute atomic E-state index is 0.218. The van der Waals surface area contributed by atoms with Crippen LogP contribution in [0.1, 0.15) is 31.9 Å². The molecule has 0 unspecified atom stereocenters. The Morgan fingerprint density at radius 1 is 1.08 bits per heavy atom. The van der Waals surface area contributed by atoms with Crippen LogP contribution in [0.5, 0.6) is 5.75 Å². The highest BCUT2D eigenvalue weighted by Gasteiger charge is 2.23. The summed E-state index contributed by atoms with van der Waals surface area (Å²) in [5.41, 5.74) is 2.02. The Kier molecular flexibility index (Phi) is 5.30. The molecule has 24 heavy (non-hydrogen) atoms. The van der Waals surface area contributed by atoms with Gasteiger partial charge in [-0.05, 0) is 54.3 Å². The molecular formula is C18H22BrNO3S. The van der Waals surface area contributed by atoms with Crippen LogP contribution in [0.3, 0.4) is 0 Å². The number of hydrogen-bond acceptors (Lipinski definition) is 3. The average molecular weight is 412 g/mol. The predicted octanol–water partition coefficient (Wildman–Crippen LogP) is 4.86. The van der Waals surface area contributed by atoms with E-state index >= 15 is 0 Å². The van der Waals surface area contributed by atoms with E-state index in [2.05, 4.69) is 20.7 Å². The molecule has 0 aliphatic carbocycles. The van der Waals surface area contributed by atoms with Crippen molar-refractivity contribution in [1.82, 2.24) is 0 Å². The molecule has 0 spiro atoms. The van der Waals surface area contributed by atoms with Crippen LogP contribution in [0.25, 0.3) is 0 Å². The first-order valence-electron chi connectivity index (χ1n) is 7.52. The van der Waals surface area contributed by atoms with Gasteiger partial charge in [-0.1, -0.05) is 36.7 Å². The number of sulfonamides is 1. The SMILES string of the molecule is COc1ccc(S(=O)(=O)Nc2ccc(Br)cc2C)cc1C(C)(C)C. The Hall–Kier alpha value is -1.53. The molecule has 6 heteroatoms. The number of benzene rings is 2. The molecule has 2 aromatic carbocycles. The van der Waals surface area contributed by atoms with Crippen molar-refractivity contribution in [3.8, 4) is 5.75 Å². The number of ether oxygens (including phenoxy) is 1. The summed E-state index contributed by atoms with van der Waals surface area (Å²) >= 11 is 3.38. The monoisotopic (exact) mass is 411 g/mol. The first-order chi connectivity index (χ1) is 11.0. The van der Waals surface area contributed by atoms with Crippen molar-refractivity contribution < 1.29 is 13.2 Å². The molecule has 0 radical (unpaired) electrons. The van der Waals surface area contributed by atoms with E-state index in [0.717, 1.165) is 15.6 Å². The average Bonchev–Trinajstić information content (AvgIpc) is 2.48. The van der Waals surface area contributed by atoms with E-state index in [-0.39, 0.29) is 10.3 Å². The Morgan fingerprint density at radius 3 is 2.29 bits per heavy atom. The fourth-order valence-corrected chi connectivity index (χ4v) is 4.02. The maximum Gasteiger partial charge on any atom is 0.261 e. The lowest BCUT2D eigenvalue weighted by molar-refractivity contribution is 0.397. The van der Waals surface area contributed by atoms with Crippen LogP contribution < -0.4 is 9.46 Å². The van der Waals surface area contributed by atoms with Gasteiger partial charge in [-0.2, -0.15) is 0 Å². The van der Waals surface area contributed by atoms with E-state index < -0.39 is 10.0 Å². The summed E-state index contributed by atoms with van der Waals surface area (Å²) in [5.74, 6) is 0.682. The standard InChI is InChI=1S/C18H22BrNO3S/c1-12-10-13(19)6-8-16(12)20-24(21,22)14-7-9-17(23-5)15(11-14)18(2,3)4/h6-11,20H,1-5H3. The third-order valence-electron chi connectivity index (χ3n) is 3.72. The van der Waals surface area contributed by atoms with Gasteiger partial charge in [-0.3, -0.25) is 4.72 Å². The van der Waals surface area contributed by atoms with Gasteiger partial charge in [0, 0.05) is 10.0 Å². The van der Waals surface area contributed by atoms with Gasteiger partial charge in [-0.15, -0.1) is 0 Å². The van der Waals surface area contributed by atoms with Gasteiger partial charge >= 0.3 is 0 Å². The van der Waals surface area contributed by atoms with Crippen LogP contribution in [0, 0.1) is 6.92 Å². The van der Waals surface area contributed by atoms with Crippen molar-refractivity contribution in [1.29, 1.82) is 0 Å². The molecule has 0 fully saturated rings. The number of rotatable bonds is 4. The third-order valence-corrected chi connectivity index (χ3v) is 5.58. The fourth-order valence-electron chi connectivity index (χ4n) is 2.39. The normalized spacial score (nSPS) is 12.1. The van der Waals surface area contributed by atoms with Crippen molar-refractivity contribution in [2.45, 2.75) is 38.0 Å². The van der Waals surface area contributed by atoms with Crippen molar-refractivity contribution in [2.24, 2.45) is 0 Å². The predicted molar refractivity (Wildman–Crippen MR) is 101 cm³/mol. The van der Waals surface area contributed by atoms with Crippen LogP contribution >= 0.6 is 15.9 Å². The second kappa shape index (κ2) is 6.76. The van der Waals surface area contributed by atoms with E-state index in [4.69, 9.17) is 4.74 Å². The topological polar surface area (TPSA) is 55.4 Å². The molecule has 0 saturated heterocycles. The van der Waals surface area contributed by atoms with Crippen LogP contribution in [0.4, 0.5) is 5.69 Å². The number of methoxy groups -OCH3 is 1. The maximum atomic E-state index is 12.8. The zero-order valence-corrected chi connectivity index (χ0v) is 16.9. The lowest BCUT2D eigenvalue weighted by Crippen LogP contribution is -2.17. The van der Waals surface area contributed by atoms with Gasteiger partial charge in [0.2, 0.25) is 0 Å². The van der Waals surface area contributed by atoms with Crippen molar-refractivity contribution in [2.75, 3.05) is 11.8 Å². The Labute approximate surface area is 152 Å². The summed E-state index contributed by atoms with van der Waals surface area (Å²) in [5, 5.41) is 0. The molecule has 0 saturated carbocycles. The molecule has 0 amide bonds. The van der Waals surface area contributed by atoms with Crippen LogP contribution in [-0.4, -0.2) is 15.5 Å². The van der Waals surface area contributed by atoms with Crippen LogP contribution in [0.2, 0.25) is 0 Å². The second-order valence-electron chi connectivity index (χ2n) is 6.68. The summed E-state index contributed by atoms with van der Waals surface area (Å²) in [6.45, 7) is 7.92. The summed E-state index contributed by atoms with van der Waals surface area (Å²) in [6, 6.07) is 10.3. The molecule has 1 N–H and O–H groups in total. The molecule has 2 rings (SSSR count). The summed E-state index contributed by atoms with van der Waals surface area (Å²) < 4.78 is 34.4. The Bertz CT molecular complexity index is 855. The van der Waals surface area contributed by atoms with Gasteiger partial charge in [0.1, 0.15) is 5.75 Å². The second-order valence-corrected chi connectivity index (χ2v) is 9.27. The number of anilines is 1. The lowest BCUT2D eigenvalue weighted by atomic mass is 9.86. The van der Waals surface area contributed by atoms with E-state index in [1.54, 1.807) is 37.4 Å². The highest BCUT2D eigenvalue weighted by atomic mass is 79.9. The molecule has 0 aliphatic heterocycles. The quantitative estimate of drug-likeness (QED) is 0.780. The molecule has 4 nitrogen and oxygen atoms in total.